The van der Waals surface area contributed by atoms with E-state index in [9.17, 15) is 8.42 Å². The van der Waals surface area contributed by atoms with Crippen LogP contribution >= 0.6 is 0 Å². The number of hydrogen-bond donors (Lipinski definition) is 1. The number of nitrogens with zero attached hydrogens (tertiary/aromatic N) is 1. The van der Waals surface area contributed by atoms with E-state index in [4.69, 9.17) is 0 Å². The number of para-hydroxylation sites is 1. The normalized spacial score (nSPS) is 11.8. The fourth-order valence-electron chi connectivity index (χ4n) is 3.38. The van der Waals surface area contributed by atoms with Crippen molar-refractivity contribution in [1.82, 2.24) is 4.31 Å². The van der Waals surface area contributed by atoms with Gasteiger partial charge in [-0.2, -0.15) is 12.7 Å². The number of anilines is 1. The van der Waals surface area contributed by atoms with Crippen LogP contribution in [0.1, 0.15) is 96.8 Å². The first-order chi connectivity index (χ1) is 13.6. The van der Waals surface area contributed by atoms with Gasteiger partial charge in [0.05, 0.1) is 0 Å². The third-order valence-electron chi connectivity index (χ3n) is 5.26. The van der Waals surface area contributed by atoms with Crippen molar-refractivity contribution in [3.8, 4) is 0 Å². The molecule has 0 aromatic heterocycles. The highest BCUT2D eigenvalue weighted by Gasteiger charge is 2.16. The molecule has 0 atom stereocenters. The molecule has 0 aliphatic heterocycles. The van der Waals surface area contributed by atoms with E-state index in [1.54, 1.807) is 19.2 Å². The van der Waals surface area contributed by atoms with E-state index < -0.39 is 10.2 Å². The molecule has 0 heterocycles. The van der Waals surface area contributed by atoms with Crippen molar-refractivity contribution in [2.24, 2.45) is 0 Å². The summed E-state index contributed by atoms with van der Waals surface area (Å²) in [6, 6.07) is 9.04. The van der Waals surface area contributed by atoms with Crippen LogP contribution in [0.4, 0.5) is 5.69 Å². The first kappa shape index (κ1) is 25.0. The molecule has 0 unspecified atom stereocenters. The topological polar surface area (TPSA) is 49.4 Å². The van der Waals surface area contributed by atoms with Gasteiger partial charge in [-0.05, 0) is 18.6 Å². The lowest BCUT2D eigenvalue weighted by molar-refractivity contribution is 0.451. The van der Waals surface area contributed by atoms with Gasteiger partial charge in [-0.1, -0.05) is 109 Å². The Morgan fingerprint density at radius 3 is 1.61 bits per heavy atom. The van der Waals surface area contributed by atoms with Crippen LogP contribution in [0.3, 0.4) is 0 Å². The van der Waals surface area contributed by atoms with Crippen molar-refractivity contribution in [1.29, 1.82) is 0 Å². The first-order valence-electron chi connectivity index (χ1n) is 11.4. The van der Waals surface area contributed by atoms with Crippen LogP contribution in [0.15, 0.2) is 30.3 Å². The third kappa shape index (κ3) is 12.4. The molecule has 0 saturated heterocycles. The summed E-state index contributed by atoms with van der Waals surface area (Å²) in [6.45, 7) is 2.84. The number of benzene rings is 1. The maximum Gasteiger partial charge on any atom is 0.301 e. The first-order valence-corrected chi connectivity index (χ1v) is 12.8. The molecule has 1 aromatic rings. The average molecular weight is 411 g/mol. The molecule has 4 nitrogen and oxygen atoms in total. The van der Waals surface area contributed by atoms with E-state index in [-0.39, 0.29) is 0 Å². The van der Waals surface area contributed by atoms with E-state index in [2.05, 4.69) is 11.6 Å². The molecule has 28 heavy (non-hydrogen) atoms. The van der Waals surface area contributed by atoms with Gasteiger partial charge < -0.3 is 0 Å². The van der Waals surface area contributed by atoms with Crippen molar-refractivity contribution in [2.45, 2.75) is 96.8 Å². The maximum absolute atomic E-state index is 12.3. The van der Waals surface area contributed by atoms with Crippen LogP contribution in [0.5, 0.6) is 0 Å². The summed E-state index contributed by atoms with van der Waals surface area (Å²) < 4.78 is 28.6. The summed E-state index contributed by atoms with van der Waals surface area (Å²) in [5, 5.41) is 0. The Labute approximate surface area is 174 Å². The molecule has 0 saturated carbocycles. The van der Waals surface area contributed by atoms with Crippen molar-refractivity contribution in [3.63, 3.8) is 0 Å². The van der Waals surface area contributed by atoms with Gasteiger partial charge in [0, 0.05) is 19.3 Å². The number of hydrogen-bond acceptors (Lipinski definition) is 2. The van der Waals surface area contributed by atoms with Crippen LogP contribution in [0, 0.1) is 0 Å². The molecule has 0 aliphatic rings. The lowest BCUT2D eigenvalue weighted by Gasteiger charge is -2.18. The smallest absolute Gasteiger partial charge is 0.271 e. The Bertz CT molecular complexity index is 576. The van der Waals surface area contributed by atoms with Crippen LogP contribution in [-0.4, -0.2) is 26.3 Å². The minimum Gasteiger partial charge on any atom is -0.271 e. The summed E-state index contributed by atoms with van der Waals surface area (Å²) in [4.78, 5) is 0. The van der Waals surface area contributed by atoms with Crippen molar-refractivity contribution >= 4 is 15.9 Å². The van der Waals surface area contributed by atoms with Crippen molar-refractivity contribution in [3.05, 3.63) is 30.3 Å². The average Bonchev–Trinajstić information content (AvgIpc) is 2.68. The van der Waals surface area contributed by atoms with Gasteiger partial charge in [0.15, 0.2) is 0 Å². The van der Waals surface area contributed by atoms with Crippen LogP contribution in [0.25, 0.3) is 0 Å². The fraction of sp³-hybridized carbons (Fsp3) is 0.739. The summed E-state index contributed by atoms with van der Waals surface area (Å²) in [6.07, 6.45) is 18.3. The van der Waals surface area contributed by atoms with E-state index in [1.165, 1.54) is 81.4 Å². The molecule has 1 N–H and O–H groups in total. The summed E-state index contributed by atoms with van der Waals surface area (Å²) in [5.41, 5.74) is 0.607. The molecule has 162 valence electrons. The minimum absolute atomic E-state index is 0.570. The standard InChI is InChI=1S/C23H42N2O2S/c1-3-4-5-6-7-8-9-10-11-12-13-14-15-19-22-25(2)28(26,27)24-23-20-17-16-18-21-23/h16-18,20-21,24H,3-15,19,22H2,1-2H3. The van der Waals surface area contributed by atoms with Gasteiger partial charge in [0.25, 0.3) is 0 Å². The molecule has 0 aliphatic carbocycles. The lowest BCUT2D eigenvalue weighted by Crippen LogP contribution is -2.33. The molecule has 1 aromatic carbocycles. The van der Waals surface area contributed by atoms with E-state index >= 15 is 0 Å². The Morgan fingerprint density at radius 2 is 1.14 bits per heavy atom. The van der Waals surface area contributed by atoms with E-state index in [0.29, 0.717) is 12.2 Å². The predicted octanol–water partition coefficient (Wildman–Crippen LogP) is 6.76. The van der Waals surface area contributed by atoms with Crippen LogP contribution in [0.2, 0.25) is 0 Å². The van der Waals surface area contributed by atoms with Crippen molar-refractivity contribution < 1.29 is 8.42 Å². The fourth-order valence-corrected chi connectivity index (χ4v) is 4.34. The molecule has 0 amide bonds. The SMILES string of the molecule is CCCCCCCCCCCCCCCCN(C)S(=O)(=O)Nc1ccccc1. The highest BCUT2D eigenvalue weighted by molar-refractivity contribution is 7.90. The second kappa shape index (κ2) is 15.8. The summed E-state index contributed by atoms with van der Waals surface area (Å²) in [7, 11) is -1.80. The molecule has 0 radical (unpaired) electrons. The Morgan fingerprint density at radius 1 is 0.714 bits per heavy atom. The predicted molar refractivity (Wildman–Crippen MR) is 122 cm³/mol. The largest absolute Gasteiger partial charge is 0.301 e. The molecular weight excluding hydrogens is 368 g/mol. The van der Waals surface area contributed by atoms with Crippen molar-refractivity contribution in [2.75, 3.05) is 18.3 Å². The molecule has 0 fully saturated rings. The van der Waals surface area contributed by atoms with Crippen LogP contribution < -0.4 is 4.72 Å². The van der Waals surface area contributed by atoms with Gasteiger partial charge in [0.1, 0.15) is 0 Å². The summed E-state index contributed by atoms with van der Waals surface area (Å²) in [5.74, 6) is 0. The number of rotatable bonds is 18. The van der Waals surface area contributed by atoms with Gasteiger partial charge >= 0.3 is 10.2 Å². The highest BCUT2D eigenvalue weighted by atomic mass is 32.2. The Kier molecular flexibility index (Phi) is 14.1. The molecular formula is C23H42N2O2S. The van der Waals surface area contributed by atoms with E-state index in [0.717, 1.165) is 12.8 Å². The quantitative estimate of drug-likeness (QED) is 0.272. The third-order valence-corrected chi connectivity index (χ3v) is 6.75. The van der Waals surface area contributed by atoms with Gasteiger partial charge in [-0.15, -0.1) is 0 Å². The Hall–Kier alpha value is -1.07. The molecule has 1 rings (SSSR count). The monoisotopic (exact) mass is 410 g/mol. The second-order valence-electron chi connectivity index (χ2n) is 7.89. The zero-order valence-corrected chi connectivity index (χ0v) is 19.0. The van der Waals surface area contributed by atoms with E-state index in [1.807, 2.05) is 18.2 Å². The molecule has 0 spiro atoms. The zero-order chi connectivity index (χ0) is 20.5. The summed E-state index contributed by atoms with van der Waals surface area (Å²) >= 11 is 0. The van der Waals surface area contributed by atoms with Gasteiger partial charge in [0.2, 0.25) is 0 Å². The van der Waals surface area contributed by atoms with Crippen LogP contribution in [-0.2, 0) is 10.2 Å². The minimum atomic E-state index is -3.45. The zero-order valence-electron chi connectivity index (χ0n) is 18.2. The number of nitrogens with one attached hydrogen (secondary N) is 1. The molecule has 0 bridgehead atoms. The maximum atomic E-state index is 12.3. The van der Waals surface area contributed by atoms with Gasteiger partial charge in [-0.3, -0.25) is 4.72 Å². The highest BCUT2D eigenvalue weighted by Crippen LogP contribution is 2.14. The lowest BCUT2D eigenvalue weighted by atomic mass is 10.0. The number of unbranched alkanes of at least 4 members (excludes halogenated alkanes) is 13. The Balaban J connectivity index is 1.95. The van der Waals surface area contributed by atoms with Gasteiger partial charge in [-0.25, -0.2) is 0 Å². The second-order valence-corrected chi connectivity index (χ2v) is 9.67. The molecule has 5 heteroatoms.